The average Bonchev–Trinajstić information content (AvgIpc) is 2.41. The van der Waals surface area contributed by atoms with Gasteiger partial charge in [-0.05, 0) is 37.5 Å². The van der Waals surface area contributed by atoms with E-state index >= 15 is 0 Å². The first-order valence-electron chi connectivity index (χ1n) is 6.76. The van der Waals surface area contributed by atoms with Crippen molar-refractivity contribution < 1.29 is 9.53 Å². The van der Waals surface area contributed by atoms with Crippen LogP contribution in [0.2, 0.25) is 0 Å². The van der Waals surface area contributed by atoms with E-state index in [0.717, 1.165) is 31.7 Å². The van der Waals surface area contributed by atoms with Gasteiger partial charge in [0.2, 0.25) is 5.91 Å². The third-order valence-electron chi connectivity index (χ3n) is 3.93. The highest BCUT2D eigenvalue weighted by Crippen LogP contribution is 2.24. The van der Waals surface area contributed by atoms with Crippen molar-refractivity contribution in [2.45, 2.75) is 32.4 Å². The maximum Gasteiger partial charge on any atom is 0.221 e. The number of amides is 1. The van der Waals surface area contributed by atoms with Crippen molar-refractivity contribution in [3.8, 4) is 5.75 Å². The first-order valence-corrected chi connectivity index (χ1v) is 6.76. The van der Waals surface area contributed by atoms with E-state index in [1.54, 1.807) is 7.11 Å². The summed E-state index contributed by atoms with van der Waals surface area (Å²) in [5.41, 5.74) is 6.63. The minimum absolute atomic E-state index is 0.0122. The number of hydrogen-bond donors (Lipinski definition) is 1. The predicted octanol–water partition coefficient (Wildman–Crippen LogP) is 1.78. The molecule has 2 N–H and O–H groups in total. The molecule has 0 aliphatic carbocycles. The van der Waals surface area contributed by atoms with Crippen LogP contribution in [0, 0.1) is 5.92 Å². The summed E-state index contributed by atoms with van der Waals surface area (Å²) in [4.78, 5) is 13.7. The van der Waals surface area contributed by atoms with Crippen LogP contribution in [-0.4, -0.2) is 30.5 Å². The van der Waals surface area contributed by atoms with Gasteiger partial charge < -0.3 is 10.5 Å². The fourth-order valence-corrected chi connectivity index (χ4v) is 2.64. The number of primary amides is 1. The van der Waals surface area contributed by atoms with Crippen molar-refractivity contribution >= 4 is 5.91 Å². The summed E-state index contributed by atoms with van der Waals surface area (Å²) >= 11 is 0. The number of nitrogens with two attached hydrogens (primary N) is 1. The van der Waals surface area contributed by atoms with Gasteiger partial charge in [0.1, 0.15) is 5.75 Å². The fraction of sp³-hybridized carbons (Fsp3) is 0.533. The van der Waals surface area contributed by atoms with Gasteiger partial charge in [-0.3, -0.25) is 9.69 Å². The third kappa shape index (κ3) is 3.47. The molecule has 4 heteroatoms. The average molecular weight is 262 g/mol. The van der Waals surface area contributed by atoms with E-state index in [4.69, 9.17) is 10.5 Å². The zero-order chi connectivity index (χ0) is 13.8. The molecule has 0 unspecified atom stereocenters. The van der Waals surface area contributed by atoms with Gasteiger partial charge in [0.15, 0.2) is 0 Å². The summed E-state index contributed by atoms with van der Waals surface area (Å²) < 4.78 is 5.24. The highest BCUT2D eigenvalue weighted by atomic mass is 16.5. The molecule has 0 saturated carbocycles. The van der Waals surface area contributed by atoms with Gasteiger partial charge in [-0.1, -0.05) is 12.1 Å². The molecule has 19 heavy (non-hydrogen) atoms. The van der Waals surface area contributed by atoms with Crippen LogP contribution in [0.3, 0.4) is 0 Å². The van der Waals surface area contributed by atoms with Crippen LogP contribution in [0.5, 0.6) is 5.75 Å². The molecule has 0 bridgehead atoms. The minimum atomic E-state index is -0.178. The molecule has 1 aliphatic rings. The van der Waals surface area contributed by atoms with Crippen molar-refractivity contribution in [1.82, 2.24) is 4.90 Å². The third-order valence-corrected chi connectivity index (χ3v) is 3.93. The summed E-state index contributed by atoms with van der Waals surface area (Å²) in [6.07, 6.45) is 1.93. The molecule has 2 atom stereocenters. The summed E-state index contributed by atoms with van der Waals surface area (Å²) in [6.45, 7) is 3.80. The Kier molecular flexibility index (Phi) is 4.43. The van der Waals surface area contributed by atoms with E-state index in [9.17, 15) is 4.79 Å². The molecule has 1 amide bonds. The number of ether oxygens (including phenoxy) is 1. The van der Waals surface area contributed by atoms with E-state index in [-0.39, 0.29) is 11.8 Å². The van der Waals surface area contributed by atoms with E-state index in [2.05, 4.69) is 17.9 Å². The number of rotatable bonds is 4. The number of piperidine rings is 1. The normalized spacial score (nSPS) is 24.1. The Bertz CT molecular complexity index is 448. The van der Waals surface area contributed by atoms with Gasteiger partial charge >= 0.3 is 0 Å². The Morgan fingerprint density at radius 1 is 1.47 bits per heavy atom. The second-order valence-corrected chi connectivity index (χ2v) is 5.31. The molecule has 1 aromatic rings. The maximum atomic E-state index is 11.3. The summed E-state index contributed by atoms with van der Waals surface area (Å²) in [5, 5.41) is 0. The van der Waals surface area contributed by atoms with Crippen molar-refractivity contribution in [3.05, 3.63) is 29.8 Å². The monoisotopic (exact) mass is 262 g/mol. The minimum Gasteiger partial charge on any atom is -0.497 e. The molecule has 1 aliphatic heterocycles. The molecular formula is C15H22N2O2. The Morgan fingerprint density at radius 3 is 2.95 bits per heavy atom. The van der Waals surface area contributed by atoms with Crippen molar-refractivity contribution in [2.24, 2.45) is 11.7 Å². The number of benzene rings is 1. The standard InChI is InChI=1S/C15H22N2O2/c1-11-6-7-13(15(16)18)10-17(11)9-12-4-3-5-14(8-12)19-2/h3-5,8,11,13H,6-7,9-10H2,1-2H3,(H2,16,18)/t11-,13+/m0/s1. The number of carbonyl (C=O) groups is 1. The van der Waals surface area contributed by atoms with E-state index in [1.165, 1.54) is 5.56 Å². The Labute approximate surface area is 114 Å². The number of carbonyl (C=O) groups excluding carboxylic acids is 1. The number of likely N-dealkylation sites (tertiary alicyclic amines) is 1. The van der Waals surface area contributed by atoms with Crippen molar-refractivity contribution in [1.29, 1.82) is 0 Å². The van der Waals surface area contributed by atoms with E-state index < -0.39 is 0 Å². The first kappa shape index (κ1) is 13.9. The zero-order valence-corrected chi connectivity index (χ0v) is 11.6. The van der Waals surface area contributed by atoms with Gasteiger partial charge in [0, 0.05) is 19.1 Å². The molecule has 1 saturated heterocycles. The van der Waals surface area contributed by atoms with Gasteiger partial charge in [-0.15, -0.1) is 0 Å². The van der Waals surface area contributed by atoms with Crippen LogP contribution >= 0.6 is 0 Å². The number of nitrogens with zero attached hydrogens (tertiary/aromatic N) is 1. The summed E-state index contributed by atoms with van der Waals surface area (Å²) in [7, 11) is 1.67. The summed E-state index contributed by atoms with van der Waals surface area (Å²) in [5.74, 6) is 0.679. The maximum absolute atomic E-state index is 11.3. The van der Waals surface area contributed by atoms with Crippen LogP contribution in [-0.2, 0) is 11.3 Å². The van der Waals surface area contributed by atoms with Crippen LogP contribution in [0.4, 0.5) is 0 Å². The molecule has 4 nitrogen and oxygen atoms in total. The van der Waals surface area contributed by atoms with Crippen molar-refractivity contribution in [3.63, 3.8) is 0 Å². The van der Waals surface area contributed by atoms with Gasteiger partial charge in [0.25, 0.3) is 0 Å². The number of hydrogen-bond acceptors (Lipinski definition) is 3. The molecule has 1 heterocycles. The topological polar surface area (TPSA) is 55.6 Å². The number of methoxy groups -OCH3 is 1. The van der Waals surface area contributed by atoms with E-state index in [0.29, 0.717) is 6.04 Å². The van der Waals surface area contributed by atoms with Crippen LogP contribution in [0.1, 0.15) is 25.3 Å². The Hall–Kier alpha value is -1.55. The molecule has 2 rings (SSSR count). The van der Waals surface area contributed by atoms with Crippen LogP contribution in [0.15, 0.2) is 24.3 Å². The quantitative estimate of drug-likeness (QED) is 0.900. The van der Waals surface area contributed by atoms with Crippen LogP contribution in [0.25, 0.3) is 0 Å². The lowest BCUT2D eigenvalue weighted by molar-refractivity contribution is -0.124. The highest BCUT2D eigenvalue weighted by Gasteiger charge is 2.28. The smallest absolute Gasteiger partial charge is 0.221 e. The lowest BCUT2D eigenvalue weighted by Crippen LogP contribution is -2.45. The van der Waals surface area contributed by atoms with Crippen LogP contribution < -0.4 is 10.5 Å². The first-order chi connectivity index (χ1) is 9.10. The lowest BCUT2D eigenvalue weighted by atomic mass is 9.92. The van der Waals surface area contributed by atoms with Crippen molar-refractivity contribution in [2.75, 3.05) is 13.7 Å². The van der Waals surface area contributed by atoms with Gasteiger partial charge in [-0.25, -0.2) is 0 Å². The highest BCUT2D eigenvalue weighted by molar-refractivity contribution is 5.76. The molecule has 0 radical (unpaired) electrons. The second kappa shape index (κ2) is 6.06. The van der Waals surface area contributed by atoms with Gasteiger partial charge in [0.05, 0.1) is 13.0 Å². The lowest BCUT2D eigenvalue weighted by Gasteiger charge is -2.36. The van der Waals surface area contributed by atoms with Gasteiger partial charge in [-0.2, -0.15) is 0 Å². The second-order valence-electron chi connectivity index (χ2n) is 5.31. The fourth-order valence-electron chi connectivity index (χ4n) is 2.64. The largest absolute Gasteiger partial charge is 0.497 e. The molecular weight excluding hydrogens is 240 g/mol. The molecule has 0 spiro atoms. The zero-order valence-electron chi connectivity index (χ0n) is 11.6. The SMILES string of the molecule is COc1cccc(CN2C[C@H](C(N)=O)CC[C@@H]2C)c1. The molecule has 1 aromatic carbocycles. The van der Waals surface area contributed by atoms with E-state index in [1.807, 2.05) is 18.2 Å². The predicted molar refractivity (Wildman–Crippen MR) is 74.8 cm³/mol. The molecule has 1 fully saturated rings. The molecule has 104 valence electrons. The molecule has 0 aromatic heterocycles. The Balaban J connectivity index is 2.05. The summed E-state index contributed by atoms with van der Waals surface area (Å²) in [6, 6.07) is 8.55. The Morgan fingerprint density at radius 2 is 2.26 bits per heavy atom.